The molecule has 132 valence electrons. The summed E-state index contributed by atoms with van der Waals surface area (Å²) in [6, 6.07) is 2.30. The van der Waals surface area contributed by atoms with E-state index in [0.717, 1.165) is 51.4 Å². The summed E-state index contributed by atoms with van der Waals surface area (Å²) in [5, 5.41) is 7.38. The molecule has 0 radical (unpaired) electrons. The Bertz CT molecular complexity index is 571. The summed E-state index contributed by atoms with van der Waals surface area (Å²) in [4.78, 5) is 27.7. The molecule has 2 aliphatic rings. The summed E-state index contributed by atoms with van der Waals surface area (Å²) in [5.41, 5.74) is 0. The first-order valence-electron chi connectivity index (χ1n) is 8.95. The van der Waals surface area contributed by atoms with Crippen LogP contribution < -0.4 is 5.32 Å². The highest BCUT2D eigenvalue weighted by molar-refractivity contribution is 5.89. The van der Waals surface area contributed by atoms with Crippen molar-refractivity contribution in [3.05, 3.63) is 12.3 Å². The number of piperazine rings is 1. The second-order valence-electron chi connectivity index (χ2n) is 6.75. The molecule has 1 aromatic heterocycles. The van der Waals surface area contributed by atoms with Crippen LogP contribution in [-0.4, -0.2) is 64.1 Å². The molecule has 0 spiro atoms. The number of amides is 2. The predicted molar refractivity (Wildman–Crippen MR) is 91.7 cm³/mol. The van der Waals surface area contributed by atoms with Gasteiger partial charge in [0, 0.05) is 52.1 Å². The first-order chi connectivity index (χ1) is 11.6. The first kappa shape index (κ1) is 17.0. The largest absolute Gasteiger partial charge is 0.340 e. The SMILES string of the molecule is CC(=O)N1CCN(CCC(=O)Nc2ccnn2C2CCCC2)CC1. The number of aromatic nitrogens is 2. The molecule has 2 fully saturated rings. The summed E-state index contributed by atoms with van der Waals surface area (Å²) in [6.07, 6.45) is 7.00. The van der Waals surface area contributed by atoms with Crippen molar-refractivity contribution in [3.63, 3.8) is 0 Å². The fourth-order valence-electron chi connectivity index (χ4n) is 3.60. The second-order valence-corrected chi connectivity index (χ2v) is 6.75. The monoisotopic (exact) mass is 333 g/mol. The maximum absolute atomic E-state index is 12.2. The fourth-order valence-corrected chi connectivity index (χ4v) is 3.60. The van der Waals surface area contributed by atoms with Crippen LogP contribution in [0.25, 0.3) is 0 Å². The van der Waals surface area contributed by atoms with Gasteiger partial charge in [-0.05, 0) is 12.8 Å². The Morgan fingerprint density at radius 2 is 1.92 bits per heavy atom. The third-order valence-electron chi connectivity index (χ3n) is 5.08. The van der Waals surface area contributed by atoms with Gasteiger partial charge in [-0.25, -0.2) is 4.68 Å². The minimum Gasteiger partial charge on any atom is -0.340 e. The Hall–Kier alpha value is -1.89. The molecule has 7 nitrogen and oxygen atoms in total. The normalized spacial score (nSPS) is 19.6. The van der Waals surface area contributed by atoms with Crippen LogP contribution in [0.1, 0.15) is 45.1 Å². The van der Waals surface area contributed by atoms with Crippen LogP contribution in [0.15, 0.2) is 12.3 Å². The van der Waals surface area contributed by atoms with Crippen LogP contribution in [-0.2, 0) is 9.59 Å². The number of anilines is 1. The molecular weight excluding hydrogens is 306 g/mol. The van der Waals surface area contributed by atoms with Gasteiger partial charge in [0.25, 0.3) is 0 Å². The molecule has 2 amide bonds. The van der Waals surface area contributed by atoms with Gasteiger partial charge in [0.15, 0.2) is 0 Å². The van der Waals surface area contributed by atoms with Gasteiger partial charge >= 0.3 is 0 Å². The summed E-state index contributed by atoms with van der Waals surface area (Å²) < 4.78 is 1.97. The molecule has 7 heteroatoms. The van der Waals surface area contributed by atoms with Crippen molar-refractivity contribution in [1.82, 2.24) is 19.6 Å². The zero-order valence-corrected chi connectivity index (χ0v) is 14.4. The maximum Gasteiger partial charge on any atom is 0.226 e. The summed E-state index contributed by atoms with van der Waals surface area (Å²) in [7, 11) is 0. The van der Waals surface area contributed by atoms with Gasteiger partial charge in [0.05, 0.1) is 12.2 Å². The third kappa shape index (κ3) is 4.14. The topological polar surface area (TPSA) is 70.5 Å². The van der Waals surface area contributed by atoms with Gasteiger partial charge in [-0.3, -0.25) is 14.5 Å². The Morgan fingerprint density at radius 3 is 2.58 bits per heavy atom. The highest BCUT2D eigenvalue weighted by atomic mass is 16.2. The first-order valence-corrected chi connectivity index (χ1v) is 8.95. The van der Waals surface area contributed by atoms with Gasteiger partial charge in [-0.1, -0.05) is 12.8 Å². The van der Waals surface area contributed by atoms with Crippen molar-refractivity contribution in [2.45, 2.75) is 45.1 Å². The number of hydrogen-bond donors (Lipinski definition) is 1. The van der Waals surface area contributed by atoms with E-state index in [9.17, 15) is 9.59 Å². The van der Waals surface area contributed by atoms with Crippen molar-refractivity contribution in [1.29, 1.82) is 0 Å². The van der Waals surface area contributed by atoms with Crippen LogP contribution in [0.4, 0.5) is 5.82 Å². The molecule has 2 heterocycles. The van der Waals surface area contributed by atoms with Crippen LogP contribution >= 0.6 is 0 Å². The molecule has 1 aliphatic carbocycles. The van der Waals surface area contributed by atoms with Crippen molar-refractivity contribution < 1.29 is 9.59 Å². The second kappa shape index (κ2) is 7.79. The van der Waals surface area contributed by atoms with E-state index < -0.39 is 0 Å². The Morgan fingerprint density at radius 1 is 1.21 bits per heavy atom. The van der Waals surface area contributed by atoms with E-state index in [1.54, 1.807) is 13.1 Å². The minimum atomic E-state index is 0.0312. The number of hydrogen-bond acceptors (Lipinski definition) is 4. The molecule has 3 rings (SSSR count). The lowest BCUT2D eigenvalue weighted by Gasteiger charge is -2.34. The molecule has 1 N–H and O–H groups in total. The minimum absolute atomic E-state index is 0.0312. The van der Waals surface area contributed by atoms with Crippen molar-refractivity contribution in [2.75, 3.05) is 38.0 Å². The van der Waals surface area contributed by atoms with Gasteiger partial charge in [0.1, 0.15) is 5.82 Å². The summed E-state index contributed by atoms with van der Waals surface area (Å²) in [6.45, 7) is 5.53. The van der Waals surface area contributed by atoms with E-state index in [1.807, 2.05) is 15.6 Å². The molecular formula is C17H27N5O2. The zero-order valence-electron chi connectivity index (χ0n) is 14.4. The molecule has 1 aromatic rings. The van der Waals surface area contributed by atoms with Crippen LogP contribution in [0.2, 0.25) is 0 Å². The van der Waals surface area contributed by atoms with E-state index in [2.05, 4.69) is 15.3 Å². The van der Waals surface area contributed by atoms with Crippen molar-refractivity contribution >= 4 is 17.6 Å². The Labute approximate surface area is 143 Å². The highest BCUT2D eigenvalue weighted by Gasteiger charge is 2.21. The zero-order chi connectivity index (χ0) is 16.9. The Kier molecular flexibility index (Phi) is 5.50. The molecule has 1 saturated heterocycles. The lowest BCUT2D eigenvalue weighted by Crippen LogP contribution is -2.48. The lowest BCUT2D eigenvalue weighted by atomic mass is 10.2. The standard InChI is InChI=1S/C17H27N5O2/c1-14(23)21-12-10-20(11-13-21)9-7-17(24)19-16-6-8-18-22(16)15-4-2-3-5-15/h6,8,15H,2-5,7,9-13H2,1H3,(H,19,24). The van der Waals surface area contributed by atoms with E-state index >= 15 is 0 Å². The van der Waals surface area contributed by atoms with E-state index in [4.69, 9.17) is 0 Å². The molecule has 0 bridgehead atoms. The van der Waals surface area contributed by atoms with Gasteiger partial charge in [0.2, 0.25) is 11.8 Å². The van der Waals surface area contributed by atoms with E-state index in [1.165, 1.54) is 12.8 Å². The van der Waals surface area contributed by atoms with Crippen molar-refractivity contribution in [3.8, 4) is 0 Å². The number of rotatable bonds is 5. The molecule has 1 aliphatic heterocycles. The lowest BCUT2D eigenvalue weighted by molar-refractivity contribution is -0.130. The number of carbonyl (C=O) groups excluding carboxylic acids is 2. The number of nitrogens with one attached hydrogen (secondary N) is 1. The van der Waals surface area contributed by atoms with Gasteiger partial charge < -0.3 is 10.2 Å². The summed E-state index contributed by atoms with van der Waals surface area (Å²) >= 11 is 0. The molecule has 1 saturated carbocycles. The van der Waals surface area contributed by atoms with Gasteiger partial charge in [-0.15, -0.1) is 0 Å². The highest BCUT2D eigenvalue weighted by Crippen LogP contribution is 2.31. The third-order valence-corrected chi connectivity index (χ3v) is 5.08. The average molecular weight is 333 g/mol. The Balaban J connectivity index is 1.44. The fraction of sp³-hybridized carbons (Fsp3) is 0.706. The smallest absolute Gasteiger partial charge is 0.226 e. The van der Waals surface area contributed by atoms with Crippen LogP contribution in [0, 0.1) is 0 Å². The molecule has 0 unspecified atom stereocenters. The number of carbonyl (C=O) groups is 2. The van der Waals surface area contributed by atoms with Crippen LogP contribution in [0.5, 0.6) is 0 Å². The van der Waals surface area contributed by atoms with E-state index in [0.29, 0.717) is 12.5 Å². The van der Waals surface area contributed by atoms with Gasteiger partial charge in [-0.2, -0.15) is 5.10 Å². The van der Waals surface area contributed by atoms with Crippen molar-refractivity contribution in [2.24, 2.45) is 0 Å². The average Bonchev–Trinajstić information content (AvgIpc) is 3.24. The number of nitrogens with zero attached hydrogens (tertiary/aromatic N) is 4. The molecule has 0 aromatic carbocycles. The van der Waals surface area contributed by atoms with Crippen LogP contribution in [0.3, 0.4) is 0 Å². The predicted octanol–water partition coefficient (Wildman–Crippen LogP) is 1.49. The van der Waals surface area contributed by atoms with E-state index in [-0.39, 0.29) is 11.8 Å². The quantitative estimate of drug-likeness (QED) is 0.886. The summed E-state index contributed by atoms with van der Waals surface area (Å²) in [5.74, 6) is 0.976. The maximum atomic E-state index is 12.2. The molecule has 0 atom stereocenters. The molecule has 24 heavy (non-hydrogen) atoms.